The normalized spacial score (nSPS) is 13.4. The first-order valence-corrected chi connectivity index (χ1v) is 10.1. The fourth-order valence-corrected chi connectivity index (χ4v) is 3.70. The van der Waals surface area contributed by atoms with Crippen molar-refractivity contribution in [1.82, 2.24) is 14.5 Å². The lowest BCUT2D eigenvalue weighted by molar-refractivity contribution is 0.0601. The zero-order chi connectivity index (χ0) is 20.5. The van der Waals surface area contributed by atoms with Crippen molar-refractivity contribution in [2.24, 2.45) is 0 Å². The molecule has 1 N–H and O–H groups in total. The van der Waals surface area contributed by atoms with Gasteiger partial charge in [-0.15, -0.1) is 0 Å². The summed E-state index contributed by atoms with van der Waals surface area (Å²) in [6.07, 6.45) is 8.03. The summed E-state index contributed by atoms with van der Waals surface area (Å²) in [6, 6.07) is 16.0. The van der Waals surface area contributed by atoms with E-state index in [0.717, 1.165) is 40.7 Å². The van der Waals surface area contributed by atoms with Gasteiger partial charge in [-0.1, -0.05) is 6.07 Å². The zero-order valence-corrected chi connectivity index (χ0v) is 16.7. The monoisotopic (exact) mass is 398 g/mol. The Morgan fingerprint density at radius 3 is 2.83 bits per heavy atom. The van der Waals surface area contributed by atoms with Gasteiger partial charge in [0.15, 0.2) is 0 Å². The van der Waals surface area contributed by atoms with Gasteiger partial charge >= 0.3 is 5.97 Å². The Morgan fingerprint density at radius 1 is 1.17 bits per heavy atom. The number of methoxy groups -OCH3 is 1. The van der Waals surface area contributed by atoms with Gasteiger partial charge in [0, 0.05) is 35.2 Å². The van der Waals surface area contributed by atoms with Crippen molar-refractivity contribution in [2.45, 2.75) is 25.3 Å². The van der Waals surface area contributed by atoms with Crippen LogP contribution in [0.1, 0.15) is 40.4 Å². The number of rotatable bonds is 6. The topological polar surface area (TPSA) is 69.0 Å². The smallest absolute Gasteiger partial charge is 0.341 e. The summed E-state index contributed by atoms with van der Waals surface area (Å²) < 4.78 is 7.14. The van der Waals surface area contributed by atoms with Gasteiger partial charge in [-0.05, 0) is 66.8 Å². The van der Waals surface area contributed by atoms with Gasteiger partial charge in [0.2, 0.25) is 0 Å². The molecule has 1 fully saturated rings. The van der Waals surface area contributed by atoms with Crippen LogP contribution in [0, 0.1) is 0 Å². The third kappa shape index (κ3) is 3.64. The van der Waals surface area contributed by atoms with Crippen molar-refractivity contribution < 1.29 is 9.53 Å². The van der Waals surface area contributed by atoms with Crippen LogP contribution >= 0.6 is 0 Å². The van der Waals surface area contributed by atoms with E-state index in [1.807, 2.05) is 42.7 Å². The second-order valence-corrected chi connectivity index (χ2v) is 7.59. The summed E-state index contributed by atoms with van der Waals surface area (Å²) >= 11 is 0. The van der Waals surface area contributed by atoms with Gasteiger partial charge in [0.25, 0.3) is 0 Å². The highest BCUT2D eigenvalue weighted by Gasteiger charge is 2.26. The molecule has 0 aliphatic heterocycles. The molecular formula is C24H22N4O2. The molecule has 30 heavy (non-hydrogen) atoms. The number of aromatic nitrogens is 3. The molecule has 0 spiro atoms. The molecule has 0 bridgehead atoms. The first-order chi connectivity index (χ1) is 14.7. The molecule has 3 heterocycles. The number of hydrogen-bond acceptors (Lipinski definition) is 5. The highest BCUT2D eigenvalue weighted by atomic mass is 16.5. The molecule has 6 heteroatoms. The van der Waals surface area contributed by atoms with E-state index in [1.165, 1.54) is 7.11 Å². The molecule has 3 aromatic heterocycles. The molecule has 150 valence electrons. The van der Waals surface area contributed by atoms with E-state index in [0.29, 0.717) is 23.8 Å². The summed E-state index contributed by atoms with van der Waals surface area (Å²) in [7, 11) is 1.40. The van der Waals surface area contributed by atoms with Crippen LogP contribution in [0.15, 0.2) is 67.1 Å². The number of carbonyl (C=O) groups is 1. The second kappa shape index (κ2) is 7.63. The summed E-state index contributed by atoms with van der Waals surface area (Å²) in [4.78, 5) is 21.2. The van der Waals surface area contributed by atoms with Crippen molar-refractivity contribution in [2.75, 3.05) is 12.4 Å². The van der Waals surface area contributed by atoms with Crippen molar-refractivity contribution in [1.29, 1.82) is 0 Å². The Kier molecular flexibility index (Phi) is 4.67. The first-order valence-electron chi connectivity index (χ1n) is 10.1. The minimum atomic E-state index is -0.380. The molecule has 0 radical (unpaired) electrons. The Labute approximate surface area is 174 Å². The van der Waals surface area contributed by atoms with Gasteiger partial charge in [-0.3, -0.25) is 4.98 Å². The Bertz CT molecular complexity index is 1210. The second-order valence-electron chi connectivity index (χ2n) is 7.59. The quantitative estimate of drug-likeness (QED) is 0.469. The maximum Gasteiger partial charge on any atom is 0.341 e. The SMILES string of the molecule is COC(=O)c1cc(C2CC2)cnc1Nc1ccc2c(ccn2Cc2ccccn2)c1. The molecule has 0 saturated heterocycles. The van der Waals surface area contributed by atoms with Crippen LogP contribution in [0.25, 0.3) is 10.9 Å². The maximum atomic E-state index is 12.3. The Hall–Kier alpha value is -3.67. The van der Waals surface area contributed by atoms with Crippen molar-refractivity contribution in [3.8, 4) is 0 Å². The van der Waals surface area contributed by atoms with Crippen LogP contribution in [-0.2, 0) is 11.3 Å². The predicted molar refractivity (Wildman–Crippen MR) is 116 cm³/mol. The number of fused-ring (bicyclic) bond motifs is 1. The number of anilines is 2. The van der Waals surface area contributed by atoms with Crippen LogP contribution < -0.4 is 5.32 Å². The summed E-state index contributed by atoms with van der Waals surface area (Å²) in [5, 5.41) is 4.39. The largest absolute Gasteiger partial charge is 0.465 e. The number of esters is 1. The number of pyridine rings is 2. The van der Waals surface area contributed by atoms with Gasteiger partial charge in [-0.25, -0.2) is 9.78 Å². The van der Waals surface area contributed by atoms with E-state index in [1.54, 1.807) is 0 Å². The number of carbonyl (C=O) groups excluding carboxylic acids is 1. The van der Waals surface area contributed by atoms with Gasteiger partial charge in [0.1, 0.15) is 11.4 Å². The molecule has 1 aliphatic carbocycles. The average molecular weight is 398 g/mol. The highest BCUT2D eigenvalue weighted by Crippen LogP contribution is 2.40. The summed E-state index contributed by atoms with van der Waals surface area (Å²) in [6.45, 7) is 0.716. The number of hydrogen-bond donors (Lipinski definition) is 1. The summed E-state index contributed by atoms with van der Waals surface area (Å²) in [5.74, 6) is 0.652. The minimum absolute atomic E-state index is 0.380. The standard InChI is InChI=1S/C24H22N4O2/c1-30-24(29)21-13-18(16-5-6-16)14-26-23(21)27-19-7-8-22-17(12-19)9-11-28(22)15-20-4-2-3-10-25-20/h2-4,7-14,16H,5-6,15H2,1H3,(H,26,27). The maximum absolute atomic E-state index is 12.3. The lowest BCUT2D eigenvalue weighted by Crippen LogP contribution is -2.08. The lowest BCUT2D eigenvalue weighted by Gasteiger charge is -2.12. The van der Waals surface area contributed by atoms with E-state index >= 15 is 0 Å². The third-order valence-corrected chi connectivity index (χ3v) is 5.46. The van der Waals surface area contributed by atoms with Gasteiger partial charge in [-0.2, -0.15) is 0 Å². The van der Waals surface area contributed by atoms with E-state index in [4.69, 9.17) is 4.74 Å². The van der Waals surface area contributed by atoms with Crippen LogP contribution in [0.3, 0.4) is 0 Å². The number of ether oxygens (including phenoxy) is 1. The predicted octanol–water partition coefficient (Wildman–Crippen LogP) is 4.89. The molecule has 4 aromatic rings. The molecule has 1 aromatic carbocycles. The molecule has 1 aliphatic rings. The molecule has 5 rings (SSSR count). The van der Waals surface area contributed by atoms with E-state index in [9.17, 15) is 4.79 Å². The average Bonchev–Trinajstić information content (AvgIpc) is 3.56. The molecule has 0 unspecified atom stereocenters. The fourth-order valence-electron chi connectivity index (χ4n) is 3.70. The Balaban J connectivity index is 1.42. The van der Waals surface area contributed by atoms with E-state index in [-0.39, 0.29) is 5.97 Å². The molecule has 1 saturated carbocycles. The molecule has 0 amide bonds. The van der Waals surface area contributed by atoms with Crippen LogP contribution in [0.2, 0.25) is 0 Å². The van der Waals surface area contributed by atoms with Crippen molar-refractivity contribution in [3.05, 3.63) is 83.9 Å². The van der Waals surface area contributed by atoms with E-state index in [2.05, 4.69) is 44.2 Å². The van der Waals surface area contributed by atoms with Gasteiger partial charge < -0.3 is 14.6 Å². The summed E-state index contributed by atoms with van der Waals surface area (Å²) in [5.41, 5.74) is 4.57. The fraction of sp³-hybridized carbons (Fsp3) is 0.208. The molecule has 0 atom stereocenters. The van der Waals surface area contributed by atoms with Gasteiger partial charge in [0.05, 0.1) is 19.3 Å². The van der Waals surface area contributed by atoms with Crippen LogP contribution in [0.5, 0.6) is 0 Å². The molecular weight excluding hydrogens is 376 g/mol. The van der Waals surface area contributed by atoms with E-state index < -0.39 is 0 Å². The highest BCUT2D eigenvalue weighted by molar-refractivity contribution is 5.96. The van der Waals surface area contributed by atoms with Crippen LogP contribution in [0.4, 0.5) is 11.5 Å². The first kappa shape index (κ1) is 18.4. The van der Waals surface area contributed by atoms with Crippen molar-refractivity contribution in [3.63, 3.8) is 0 Å². The number of nitrogens with zero attached hydrogens (tertiary/aromatic N) is 3. The molecule has 6 nitrogen and oxygen atoms in total. The zero-order valence-electron chi connectivity index (χ0n) is 16.7. The Morgan fingerprint density at radius 2 is 2.07 bits per heavy atom. The number of nitrogens with one attached hydrogen (secondary N) is 1. The number of benzene rings is 1. The lowest BCUT2D eigenvalue weighted by atomic mass is 10.1. The van der Waals surface area contributed by atoms with Crippen molar-refractivity contribution >= 4 is 28.4 Å². The third-order valence-electron chi connectivity index (χ3n) is 5.46. The van der Waals surface area contributed by atoms with Crippen LogP contribution in [-0.4, -0.2) is 27.6 Å². The minimum Gasteiger partial charge on any atom is -0.465 e.